The van der Waals surface area contributed by atoms with Crippen LogP contribution >= 0.6 is 0 Å². The van der Waals surface area contributed by atoms with Gasteiger partial charge in [-0.2, -0.15) is 0 Å². The second-order valence-electron chi connectivity index (χ2n) is 7.79. The largest absolute Gasteiger partial charge is 0.444 e. The molecule has 3 heterocycles. The number of nitrogens with zero attached hydrogens (tertiary/aromatic N) is 5. The summed E-state index contributed by atoms with van der Waals surface area (Å²) in [6, 6.07) is 1.87. The third kappa shape index (κ3) is 4.42. The lowest BCUT2D eigenvalue weighted by Crippen LogP contribution is -2.53. The van der Waals surface area contributed by atoms with Crippen LogP contribution in [-0.4, -0.2) is 76.6 Å². The Morgan fingerprint density at radius 3 is 2.42 bits per heavy atom. The summed E-state index contributed by atoms with van der Waals surface area (Å²) in [6.45, 7) is 9.22. The number of carbonyl (C=O) groups is 2. The Morgan fingerprint density at radius 1 is 1.12 bits per heavy atom. The molecular weight excluding hydrogens is 334 g/mol. The fourth-order valence-corrected chi connectivity index (χ4v) is 3.33. The van der Waals surface area contributed by atoms with Crippen molar-refractivity contribution in [3.8, 4) is 0 Å². The topological polar surface area (TPSA) is 78.9 Å². The minimum atomic E-state index is -0.502. The molecule has 0 aliphatic carbocycles. The van der Waals surface area contributed by atoms with E-state index in [2.05, 4.69) is 14.9 Å². The molecule has 8 heteroatoms. The first-order valence-electron chi connectivity index (χ1n) is 9.11. The van der Waals surface area contributed by atoms with Crippen molar-refractivity contribution < 1.29 is 14.3 Å². The van der Waals surface area contributed by atoms with Gasteiger partial charge in [0.1, 0.15) is 17.7 Å². The molecule has 1 atom stereocenters. The van der Waals surface area contributed by atoms with Gasteiger partial charge in [0.25, 0.3) is 0 Å². The number of hydrogen-bond acceptors (Lipinski definition) is 6. The number of amides is 2. The van der Waals surface area contributed by atoms with Gasteiger partial charge in [-0.05, 0) is 33.3 Å². The molecular formula is C18H27N5O3. The van der Waals surface area contributed by atoms with Crippen LogP contribution in [0.3, 0.4) is 0 Å². The molecule has 0 saturated carbocycles. The molecule has 1 aromatic heterocycles. The summed E-state index contributed by atoms with van der Waals surface area (Å²) in [5.41, 5.74) is -0.502. The van der Waals surface area contributed by atoms with E-state index in [-0.39, 0.29) is 17.9 Å². The van der Waals surface area contributed by atoms with Gasteiger partial charge in [-0.25, -0.2) is 14.8 Å². The summed E-state index contributed by atoms with van der Waals surface area (Å²) in [7, 11) is 0. The molecule has 142 valence electrons. The average molecular weight is 361 g/mol. The maximum absolute atomic E-state index is 12.8. The lowest BCUT2D eigenvalue weighted by molar-refractivity contribution is -0.136. The van der Waals surface area contributed by atoms with Crippen LogP contribution in [0.2, 0.25) is 0 Å². The van der Waals surface area contributed by atoms with Crippen LogP contribution in [0, 0.1) is 5.92 Å². The van der Waals surface area contributed by atoms with Gasteiger partial charge in [0.2, 0.25) is 5.91 Å². The van der Waals surface area contributed by atoms with E-state index < -0.39 is 5.60 Å². The highest BCUT2D eigenvalue weighted by molar-refractivity contribution is 5.80. The Morgan fingerprint density at radius 2 is 1.81 bits per heavy atom. The number of hydrogen-bond donors (Lipinski definition) is 0. The molecule has 2 amide bonds. The molecule has 2 aliphatic rings. The lowest BCUT2D eigenvalue weighted by Gasteiger charge is -2.36. The van der Waals surface area contributed by atoms with Crippen LogP contribution in [0.1, 0.15) is 27.2 Å². The second-order valence-corrected chi connectivity index (χ2v) is 7.79. The molecule has 2 saturated heterocycles. The summed E-state index contributed by atoms with van der Waals surface area (Å²) in [5.74, 6) is 1.02. The maximum Gasteiger partial charge on any atom is 0.410 e. The van der Waals surface area contributed by atoms with Gasteiger partial charge in [0.15, 0.2) is 0 Å². The highest BCUT2D eigenvalue weighted by Gasteiger charge is 2.34. The summed E-state index contributed by atoms with van der Waals surface area (Å²) in [6.07, 6.45) is 3.77. The van der Waals surface area contributed by atoms with Crippen molar-refractivity contribution in [1.29, 1.82) is 0 Å². The smallest absolute Gasteiger partial charge is 0.410 e. The van der Waals surface area contributed by atoms with E-state index in [0.29, 0.717) is 32.7 Å². The second kappa shape index (κ2) is 7.47. The number of anilines is 1. The fourth-order valence-electron chi connectivity index (χ4n) is 3.33. The molecule has 0 radical (unpaired) electrons. The predicted molar refractivity (Wildman–Crippen MR) is 96.7 cm³/mol. The molecule has 0 aromatic carbocycles. The van der Waals surface area contributed by atoms with Crippen molar-refractivity contribution >= 4 is 17.8 Å². The molecule has 8 nitrogen and oxygen atoms in total. The minimum absolute atomic E-state index is 0.0157. The van der Waals surface area contributed by atoms with E-state index in [0.717, 1.165) is 18.8 Å². The molecule has 0 bridgehead atoms. The first-order valence-corrected chi connectivity index (χ1v) is 9.11. The van der Waals surface area contributed by atoms with E-state index in [1.165, 1.54) is 6.33 Å². The Kier molecular flexibility index (Phi) is 5.29. The van der Waals surface area contributed by atoms with Crippen molar-refractivity contribution in [3.05, 3.63) is 18.6 Å². The molecule has 1 unspecified atom stereocenters. The highest BCUT2D eigenvalue weighted by Crippen LogP contribution is 2.23. The van der Waals surface area contributed by atoms with Gasteiger partial charge in [0.05, 0.1) is 5.92 Å². The van der Waals surface area contributed by atoms with Crippen molar-refractivity contribution in [1.82, 2.24) is 19.8 Å². The molecule has 3 rings (SSSR count). The summed E-state index contributed by atoms with van der Waals surface area (Å²) in [5, 5.41) is 0. The first-order chi connectivity index (χ1) is 12.3. The van der Waals surface area contributed by atoms with Gasteiger partial charge < -0.3 is 19.4 Å². The Balaban J connectivity index is 1.49. The number of carbonyl (C=O) groups excluding carboxylic acids is 2. The lowest BCUT2D eigenvalue weighted by atomic mass is 10.1. The van der Waals surface area contributed by atoms with Gasteiger partial charge in [-0.1, -0.05) is 0 Å². The highest BCUT2D eigenvalue weighted by atomic mass is 16.6. The van der Waals surface area contributed by atoms with Gasteiger partial charge in [0, 0.05) is 45.5 Å². The van der Waals surface area contributed by atoms with E-state index in [4.69, 9.17) is 4.74 Å². The van der Waals surface area contributed by atoms with Crippen LogP contribution < -0.4 is 4.90 Å². The molecule has 1 aromatic rings. The molecule has 0 N–H and O–H groups in total. The van der Waals surface area contributed by atoms with Crippen LogP contribution in [0.5, 0.6) is 0 Å². The summed E-state index contributed by atoms with van der Waals surface area (Å²) >= 11 is 0. The van der Waals surface area contributed by atoms with Gasteiger partial charge >= 0.3 is 6.09 Å². The molecule has 26 heavy (non-hydrogen) atoms. The standard InChI is InChI=1S/C18H27N5O3/c1-18(2,3)26-17(25)22-10-8-21(9-11-22)16(24)14-5-7-23(12-14)15-4-6-19-13-20-15/h4,6,13-14H,5,7-12H2,1-3H3. The Hall–Kier alpha value is -2.38. The maximum atomic E-state index is 12.8. The normalized spacial score (nSPS) is 21.0. The van der Waals surface area contributed by atoms with E-state index in [9.17, 15) is 9.59 Å². The third-order valence-electron chi connectivity index (χ3n) is 4.67. The van der Waals surface area contributed by atoms with Gasteiger partial charge in [-0.15, -0.1) is 0 Å². The summed E-state index contributed by atoms with van der Waals surface area (Å²) < 4.78 is 5.40. The van der Waals surface area contributed by atoms with E-state index >= 15 is 0 Å². The zero-order valence-electron chi connectivity index (χ0n) is 15.7. The van der Waals surface area contributed by atoms with Crippen molar-refractivity contribution in [2.45, 2.75) is 32.8 Å². The minimum Gasteiger partial charge on any atom is -0.444 e. The van der Waals surface area contributed by atoms with Crippen molar-refractivity contribution in [3.63, 3.8) is 0 Å². The predicted octanol–water partition coefficient (Wildman–Crippen LogP) is 1.38. The number of aromatic nitrogens is 2. The van der Waals surface area contributed by atoms with Crippen LogP contribution in [0.4, 0.5) is 10.6 Å². The van der Waals surface area contributed by atoms with Gasteiger partial charge in [-0.3, -0.25) is 4.79 Å². The van der Waals surface area contributed by atoms with Crippen LogP contribution in [0.25, 0.3) is 0 Å². The monoisotopic (exact) mass is 361 g/mol. The van der Waals surface area contributed by atoms with E-state index in [1.807, 2.05) is 31.7 Å². The molecule has 2 fully saturated rings. The molecule has 2 aliphatic heterocycles. The van der Waals surface area contributed by atoms with Crippen LogP contribution in [0.15, 0.2) is 18.6 Å². The molecule has 0 spiro atoms. The van der Waals surface area contributed by atoms with Crippen molar-refractivity contribution in [2.24, 2.45) is 5.92 Å². The quantitative estimate of drug-likeness (QED) is 0.792. The SMILES string of the molecule is CC(C)(C)OC(=O)N1CCN(C(=O)C2CCN(c3ccncn3)C2)CC1. The number of ether oxygens (including phenoxy) is 1. The Bertz CT molecular complexity index is 638. The number of rotatable bonds is 2. The summed E-state index contributed by atoms with van der Waals surface area (Å²) in [4.78, 5) is 38.8. The van der Waals surface area contributed by atoms with Crippen LogP contribution in [-0.2, 0) is 9.53 Å². The number of piperazine rings is 1. The zero-order valence-corrected chi connectivity index (χ0v) is 15.7. The average Bonchev–Trinajstić information content (AvgIpc) is 3.11. The Labute approximate surface area is 154 Å². The fraction of sp³-hybridized carbons (Fsp3) is 0.667. The third-order valence-corrected chi connectivity index (χ3v) is 4.67. The first kappa shape index (κ1) is 18.4. The van der Waals surface area contributed by atoms with Crippen molar-refractivity contribution in [2.75, 3.05) is 44.2 Å². The zero-order chi connectivity index (χ0) is 18.7. The van der Waals surface area contributed by atoms with E-state index in [1.54, 1.807) is 11.1 Å².